The minimum atomic E-state index is 0.332. The molecule has 2 heterocycles. The molecule has 1 N–H and O–H groups in total. The van der Waals surface area contributed by atoms with Gasteiger partial charge in [0.1, 0.15) is 0 Å². The Bertz CT molecular complexity index is 405. The standard InChI is InChI=1S/C16H28N2OS/c1-12(2)18-7-8-19-15(11-18)10-17-13(3)9-16-6-5-14(4)20-16/h5-6,12-13,15,17H,7-11H2,1-4H3. The van der Waals surface area contributed by atoms with Gasteiger partial charge in [-0.15, -0.1) is 11.3 Å². The summed E-state index contributed by atoms with van der Waals surface area (Å²) in [5.41, 5.74) is 0. The first kappa shape index (κ1) is 16.0. The van der Waals surface area contributed by atoms with E-state index < -0.39 is 0 Å². The molecule has 2 atom stereocenters. The van der Waals surface area contributed by atoms with E-state index >= 15 is 0 Å². The van der Waals surface area contributed by atoms with Crippen LogP contribution in [0.2, 0.25) is 0 Å². The quantitative estimate of drug-likeness (QED) is 0.873. The van der Waals surface area contributed by atoms with E-state index in [-0.39, 0.29) is 0 Å². The van der Waals surface area contributed by atoms with Gasteiger partial charge in [-0.3, -0.25) is 4.90 Å². The Balaban J connectivity index is 1.71. The number of ether oxygens (including phenoxy) is 1. The molecule has 0 aliphatic carbocycles. The number of thiophene rings is 1. The highest BCUT2D eigenvalue weighted by atomic mass is 32.1. The van der Waals surface area contributed by atoms with Crippen molar-refractivity contribution >= 4 is 11.3 Å². The molecule has 1 saturated heterocycles. The second kappa shape index (κ2) is 7.55. The third-order valence-corrected chi connectivity index (χ3v) is 4.92. The summed E-state index contributed by atoms with van der Waals surface area (Å²) in [5.74, 6) is 0. The molecular weight excluding hydrogens is 268 g/mol. The van der Waals surface area contributed by atoms with E-state index in [0.29, 0.717) is 18.2 Å². The van der Waals surface area contributed by atoms with Crippen LogP contribution in [0.3, 0.4) is 0 Å². The van der Waals surface area contributed by atoms with Crippen molar-refractivity contribution < 1.29 is 4.74 Å². The molecule has 2 rings (SSSR count). The average molecular weight is 296 g/mol. The lowest BCUT2D eigenvalue weighted by atomic mass is 10.2. The van der Waals surface area contributed by atoms with Gasteiger partial charge in [-0.05, 0) is 46.2 Å². The summed E-state index contributed by atoms with van der Waals surface area (Å²) in [5, 5.41) is 3.62. The fourth-order valence-electron chi connectivity index (χ4n) is 2.64. The van der Waals surface area contributed by atoms with E-state index in [9.17, 15) is 0 Å². The van der Waals surface area contributed by atoms with Crippen molar-refractivity contribution in [2.24, 2.45) is 0 Å². The first-order chi connectivity index (χ1) is 9.54. The van der Waals surface area contributed by atoms with Crippen molar-refractivity contribution in [1.29, 1.82) is 0 Å². The van der Waals surface area contributed by atoms with Gasteiger partial charge in [0.15, 0.2) is 0 Å². The lowest BCUT2D eigenvalue weighted by Gasteiger charge is -2.36. The summed E-state index contributed by atoms with van der Waals surface area (Å²) in [6.45, 7) is 12.9. The van der Waals surface area contributed by atoms with E-state index in [1.165, 1.54) is 9.75 Å². The van der Waals surface area contributed by atoms with Crippen LogP contribution >= 0.6 is 11.3 Å². The van der Waals surface area contributed by atoms with Crippen LogP contribution in [0.1, 0.15) is 30.5 Å². The maximum absolute atomic E-state index is 5.86. The summed E-state index contributed by atoms with van der Waals surface area (Å²) in [7, 11) is 0. The molecule has 0 spiro atoms. The molecule has 0 bridgehead atoms. The molecular formula is C16H28N2OS. The topological polar surface area (TPSA) is 24.5 Å². The van der Waals surface area contributed by atoms with Crippen LogP contribution in [0.5, 0.6) is 0 Å². The highest BCUT2D eigenvalue weighted by Crippen LogP contribution is 2.16. The molecule has 0 aromatic carbocycles. The van der Waals surface area contributed by atoms with E-state index in [0.717, 1.165) is 32.7 Å². The molecule has 3 nitrogen and oxygen atoms in total. The van der Waals surface area contributed by atoms with Crippen molar-refractivity contribution in [1.82, 2.24) is 10.2 Å². The SMILES string of the molecule is Cc1ccc(CC(C)NCC2CN(C(C)C)CCO2)s1. The zero-order valence-corrected chi connectivity index (χ0v) is 14.0. The molecule has 0 radical (unpaired) electrons. The molecule has 1 aromatic rings. The van der Waals surface area contributed by atoms with Crippen LogP contribution in [-0.4, -0.2) is 49.3 Å². The fourth-order valence-corrected chi connectivity index (χ4v) is 3.66. The Morgan fingerprint density at radius 1 is 1.40 bits per heavy atom. The van der Waals surface area contributed by atoms with E-state index in [1.807, 2.05) is 11.3 Å². The molecule has 1 aliphatic heterocycles. The van der Waals surface area contributed by atoms with Crippen LogP contribution in [0, 0.1) is 6.92 Å². The summed E-state index contributed by atoms with van der Waals surface area (Å²) >= 11 is 1.90. The largest absolute Gasteiger partial charge is 0.374 e. The maximum atomic E-state index is 5.86. The maximum Gasteiger partial charge on any atom is 0.0826 e. The third-order valence-electron chi connectivity index (χ3n) is 3.90. The highest BCUT2D eigenvalue weighted by Gasteiger charge is 2.22. The average Bonchev–Trinajstić information content (AvgIpc) is 2.82. The lowest BCUT2D eigenvalue weighted by molar-refractivity contribution is -0.0379. The van der Waals surface area contributed by atoms with Gasteiger partial charge >= 0.3 is 0 Å². The normalized spacial score (nSPS) is 22.4. The molecule has 1 aliphatic rings. The van der Waals surface area contributed by atoms with E-state index in [1.54, 1.807) is 0 Å². The number of hydrogen-bond acceptors (Lipinski definition) is 4. The Hall–Kier alpha value is -0.420. The van der Waals surface area contributed by atoms with Gasteiger partial charge in [-0.1, -0.05) is 0 Å². The van der Waals surface area contributed by atoms with Gasteiger partial charge in [-0.2, -0.15) is 0 Å². The molecule has 1 aromatic heterocycles. The van der Waals surface area contributed by atoms with Crippen molar-refractivity contribution in [3.8, 4) is 0 Å². The van der Waals surface area contributed by atoms with Crippen molar-refractivity contribution in [2.45, 2.75) is 52.3 Å². The molecule has 0 amide bonds. The predicted molar refractivity (Wildman–Crippen MR) is 86.7 cm³/mol. The monoisotopic (exact) mass is 296 g/mol. The van der Waals surface area contributed by atoms with Gasteiger partial charge in [0.2, 0.25) is 0 Å². The predicted octanol–water partition coefficient (Wildman–Crippen LogP) is 2.69. The van der Waals surface area contributed by atoms with E-state index in [2.05, 4.69) is 50.0 Å². The Labute approximate surface area is 127 Å². The lowest BCUT2D eigenvalue weighted by Crippen LogP contribution is -2.50. The Kier molecular flexibility index (Phi) is 6.02. The molecule has 4 heteroatoms. The first-order valence-corrected chi connectivity index (χ1v) is 8.50. The van der Waals surface area contributed by atoms with Crippen LogP contribution in [-0.2, 0) is 11.2 Å². The number of hydrogen-bond donors (Lipinski definition) is 1. The summed E-state index contributed by atoms with van der Waals surface area (Å²) in [6, 6.07) is 5.58. The summed E-state index contributed by atoms with van der Waals surface area (Å²) in [4.78, 5) is 5.37. The third kappa shape index (κ3) is 4.85. The Morgan fingerprint density at radius 2 is 2.20 bits per heavy atom. The van der Waals surface area contributed by atoms with Crippen LogP contribution in [0.15, 0.2) is 12.1 Å². The smallest absolute Gasteiger partial charge is 0.0826 e. The fraction of sp³-hybridized carbons (Fsp3) is 0.750. The molecule has 2 unspecified atom stereocenters. The van der Waals surface area contributed by atoms with Crippen LogP contribution in [0.4, 0.5) is 0 Å². The number of rotatable bonds is 6. The first-order valence-electron chi connectivity index (χ1n) is 7.69. The second-order valence-corrected chi connectivity index (χ2v) is 7.48. The minimum Gasteiger partial charge on any atom is -0.374 e. The highest BCUT2D eigenvalue weighted by molar-refractivity contribution is 7.11. The summed E-state index contributed by atoms with van der Waals surface area (Å²) in [6.07, 6.45) is 1.44. The van der Waals surface area contributed by atoms with Crippen LogP contribution in [0.25, 0.3) is 0 Å². The number of nitrogens with one attached hydrogen (secondary N) is 1. The zero-order valence-electron chi connectivity index (χ0n) is 13.2. The van der Waals surface area contributed by atoms with Gasteiger partial charge in [0, 0.05) is 41.5 Å². The minimum absolute atomic E-state index is 0.332. The number of aryl methyl sites for hydroxylation is 1. The van der Waals surface area contributed by atoms with Crippen molar-refractivity contribution in [2.75, 3.05) is 26.2 Å². The number of nitrogens with zero attached hydrogens (tertiary/aromatic N) is 1. The van der Waals surface area contributed by atoms with Gasteiger partial charge in [0.25, 0.3) is 0 Å². The van der Waals surface area contributed by atoms with Crippen molar-refractivity contribution in [3.05, 3.63) is 21.9 Å². The molecule has 20 heavy (non-hydrogen) atoms. The molecule has 1 fully saturated rings. The summed E-state index contributed by atoms with van der Waals surface area (Å²) < 4.78 is 5.86. The second-order valence-electron chi connectivity index (χ2n) is 6.11. The molecule has 114 valence electrons. The Morgan fingerprint density at radius 3 is 2.85 bits per heavy atom. The van der Waals surface area contributed by atoms with Gasteiger partial charge in [0.05, 0.1) is 12.7 Å². The van der Waals surface area contributed by atoms with Gasteiger partial charge in [-0.25, -0.2) is 0 Å². The molecule has 0 saturated carbocycles. The van der Waals surface area contributed by atoms with Gasteiger partial charge < -0.3 is 10.1 Å². The van der Waals surface area contributed by atoms with Crippen molar-refractivity contribution in [3.63, 3.8) is 0 Å². The van der Waals surface area contributed by atoms with Crippen LogP contribution < -0.4 is 5.32 Å². The van der Waals surface area contributed by atoms with E-state index in [4.69, 9.17) is 4.74 Å². The zero-order chi connectivity index (χ0) is 14.5. The number of morpholine rings is 1.